The van der Waals surface area contributed by atoms with Crippen LogP contribution in [0.15, 0.2) is 12.1 Å². The largest absolute Gasteiger partial charge is 0.469 e. The zero-order valence-electron chi connectivity index (χ0n) is 13.3. The first-order valence-electron chi connectivity index (χ1n) is 7.63. The zero-order valence-corrected chi connectivity index (χ0v) is 13.3. The molecule has 0 spiro atoms. The summed E-state index contributed by atoms with van der Waals surface area (Å²) in [5.41, 5.74) is 0.153. The lowest BCUT2D eigenvalue weighted by molar-refractivity contribution is -0.140. The molecule has 0 aliphatic heterocycles. The average molecular weight is 314 g/mol. The van der Waals surface area contributed by atoms with E-state index in [-0.39, 0.29) is 36.9 Å². The van der Waals surface area contributed by atoms with Crippen LogP contribution >= 0.6 is 0 Å². The van der Waals surface area contributed by atoms with E-state index in [1.807, 2.05) is 13.8 Å². The van der Waals surface area contributed by atoms with Crippen molar-refractivity contribution in [1.82, 2.24) is 0 Å². The van der Waals surface area contributed by atoms with Crippen LogP contribution in [0.5, 0.6) is 0 Å². The minimum absolute atomic E-state index is 0.0217. The van der Waals surface area contributed by atoms with Crippen LogP contribution in [-0.2, 0) is 16.0 Å². The summed E-state index contributed by atoms with van der Waals surface area (Å²) in [5.74, 6) is -3.27. The summed E-state index contributed by atoms with van der Waals surface area (Å²) in [6.07, 6.45) is 2.83. The van der Waals surface area contributed by atoms with Gasteiger partial charge in [-0.25, -0.2) is 13.2 Å². The van der Waals surface area contributed by atoms with Gasteiger partial charge in [0, 0.05) is 12.5 Å². The Morgan fingerprint density at radius 3 is 2.27 bits per heavy atom. The first kappa shape index (κ1) is 18.6. The van der Waals surface area contributed by atoms with E-state index in [0.29, 0.717) is 12.5 Å². The molecule has 0 aliphatic carbocycles. The summed E-state index contributed by atoms with van der Waals surface area (Å²) in [5, 5.41) is 0. The van der Waals surface area contributed by atoms with E-state index in [0.717, 1.165) is 18.7 Å². The smallest absolute Gasteiger partial charge is 0.305 e. The van der Waals surface area contributed by atoms with Gasteiger partial charge in [-0.05, 0) is 24.5 Å². The van der Waals surface area contributed by atoms with Crippen molar-refractivity contribution in [3.05, 3.63) is 35.1 Å². The second kappa shape index (κ2) is 8.86. The summed E-state index contributed by atoms with van der Waals surface area (Å²) in [6, 6.07) is 1.49. The molecule has 0 fully saturated rings. The van der Waals surface area contributed by atoms with E-state index in [1.165, 1.54) is 7.11 Å². The van der Waals surface area contributed by atoms with E-state index in [1.54, 1.807) is 0 Å². The van der Waals surface area contributed by atoms with Crippen LogP contribution < -0.4 is 0 Å². The molecule has 1 unspecified atom stereocenters. The van der Waals surface area contributed by atoms with Gasteiger partial charge in [-0.2, -0.15) is 0 Å². The van der Waals surface area contributed by atoms with Crippen LogP contribution in [0.3, 0.4) is 0 Å². The molecule has 1 rings (SSSR count). The number of ether oxygens (including phenoxy) is 1. The van der Waals surface area contributed by atoms with Crippen LogP contribution in [0.1, 0.15) is 32.3 Å². The van der Waals surface area contributed by atoms with Gasteiger partial charge in [0.25, 0.3) is 0 Å². The SMILES string of the molecule is CCB(CC)C(CCC(=O)OC)Cc1cc(F)c(F)cc1F. The first-order chi connectivity index (χ1) is 10.4. The van der Waals surface area contributed by atoms with Crippen molar-refractivity contribution in [2.24, 2.45) is 0 Å². The van der Waals surface area contributed by atoms with Crippen LogP contribution in [-0.4, -0.2) is 19.8 Å². The van der Waals surface area contributed by atoms with E-state index in [9.17, 15) is 18.0 Å². The quantitative estimate of drug-likeness (QED) is 0.401. The molecule has 0 aliphatic rings. The highest BCUT2D eigenvalue weighted by Gasteiger charge is 2.25. The van der Waals surface area contributed by atoms with E-state index in [2.05, 4.69) is 4.74 Å². The number of methoxy groups -OCH3 is 1. The fourth-order valence-corrected chi connectivity index (χ4v) is 2.87. The predicted octanol–water partition coefficient (Wildman–Crippen LogP) is 4.50. The molecule has 122 valence electrons. The van der Waals surface area contributed by atoms with Gasteiger partial charge in [-0.15, -0.1) is 0 Å². The summed E-state index contributed by atoms with van der Waals surface area (Å²) in [4.78, 5) is 11.3. The highest BCUT2D eigenvalue weighted by molar-refractivity contribution is 6.60. The summed E-state index contributed by atoms with van der Waals surface area (Å²) < 4.78 is 44.8. The monoisotopic (exact) mass is 314 g/mol. The fourth-order valence-electron chi connectivity index (χ4n) is 2.87. The summed E-state index contributed by atoms with van der Waals surface area (Å²) >= 11 is 0. The van der Waals surface area contributed by atoms with Crippen molar-refractivity contribution in [1.29, 1.82) is 0 Å². The van der Waals surface area contributed by atoms with Crippen molar-refractivity contribution in [2.75, 3.05) is 7.11 Å². The topological polar surface area (TPSA) is 26.3 Å². The van der Waals surface area contributed by atoms with Gasteiger partial charge in [0.05, 0.1) is 7.11 Å². The Balaban J connectivity index is 2.92. The lowest BCUT2D eigenvalue weighted by atomic mass is 9.36. The average Bonchev–Trinajstić information content (AvgIpc) is 2.50. The highest BCUT2D eigenvalue weighted by atomic mass is 19.2. The molecule has 1 atom stereocenters. The molecular formula is C16H22BF3O2. The van der Waals surface area contributed by atoms with Crippen molar-refractivity contribution < 1.29 is 22.7 Å². The number of hydrogen-bond donors (Lipinski definition) is 0. The number of benzene rings is 1. The van der Waals surface area contributed by atoms with Crippen molar-refractivity contribution in [2.45, 2.75) is 51.6 Å². The molecule has 6 heteroatoms. The minimum Gasteiger partial charge on any atom is -0.469 e. The van der Waals surface area contributed by atoms with Gasteiger partial charge in [-0.1, -0.05) is 32.3 Å². The van der Waals surface area contributed by atoms with Gasteiger partial charge < -0.3 is 4.74 Å². The van der Waals surface area contributed by atoms with Crippen LogP contribution in [0.2, 0.25) is 18.5 Å². The molecule has 0 amide bonds. The Morgan fingerprint density at radius 1 is 1.14 bits per heavy atom. The maximum Gasteiger partial charge on any atom is 0.305 e. The van der Waals surface area contributed by atoms with E-state index < -0.39 is 17.5 Å². The molecular weight excluding hydrogens is 292 g/mol. The normalized spacial score (nSPS) is 12.1. The molecule has 0 saturated carbocycles. The van der Waals surface area contributed by atoms with Crippen molar-refractivity contribution in [3.63, 3.8) is 0 Å². The number of esters is 1. The third-order valence-electron chi connectivity index (χ3n) is 4.23. The van der Waals surface area contributed by atoms with Gasteiger partial charge in [0.2, 0.25) is 0 Å². The Labute approximate surface area is 130 Å². The van der Waals surface area contributed by atoms with Crippen molar-refractivity contribution >= 4 is 12.7 Å². The number of carbonyl (C=O) groups is 1. The zero-order chi connectivity index (χ0) is 16.7. The molecule has 1 aromatic carbocycles. The minimum atomic E-state index is -1.19. The molecule has 1 aromatic rings. The number of carbonyl (C=O) groups excluding carboxylic acids is 1. The molecule has 0 radical (unpaired) electrons. The maximum atomic E-state index is 13.8. The Kier molecular flexibility index (Phi) is 7.49. The Morgan fingerprint density at radius 2 is 1.73 bits per heavy atom. The van der Waals surface area contributed by atoms with Gasteiger partial charge in [0.1, 0.15) is 12.5 Å². The molecule has 2 nitrogen and oxygen atoms in total. The molecule has 0 saturated heterocycles. The van der Waals surface area contributed by atoms with E-state index in [4.69, 9.17) is 0 Å². The third-order valence-corrected chi connectivity index (χ3v) is 4.23. The number of rotatable bonds is 8. The molecule has 0 heterocycles. The fraction of sp³-hybridized carbons (Fsp3) is 0.562. The first-order valence-corrected chi connectivity index (χ1v) is 7.63. The number of halogens is 3. The van der Waals surface area contributed by atoms with E-state index >= 15 is 0 Å². The molecule has 22 heavy (non-hydrogen) atoms. The lowest BCUT2D eigenvalue weighted by Gasteiger charge is -2.23. The van der Waals surface area contributed by atoms with Crippen LogP contribution in [0, 0.1) is 17.5 Å². The molecule has 0 N–H and O–H groups in total. The Bertz CT molecular complexity index is 504. The highest BCUT2D eigenvalue weighted by Crippen LogP contribution is 2.29. The van der Waals surface area contributed by atoms with Gasteiger partial charge in [-0.3, -0.25) is 4.79 Å². The maximum absolute atomic E-state index is 13.8. The number of hydrogen-bond acceptors (Lipinski definition) is 2. The summed E-state index contributed by atoms with van der Waals surface area (Å²) in [6.45, 7) is 4.35. The van der Waals surface area contributed by atoms with Crippen LogP contribution in [0.25, 0.3) is 0 Å². The van der Waals surface area contributed by atoms with Gasteiger partial charge >= 0.3 is 5.97 Å². The Hall–Kier alpha value is -1.46. The predicted molar refractivity (Wildman–Crippen MR) is 81.7 cm³/mol. The summed E-state index contributed by atoms with van der Waals surface area (Å²) in [7, 11) is 1.32. The third kappa shape index (κ3) is 5.07. The van der Waals surface area contributed by atoms with Gasteiger partial charge in [0.15, 0.2) is 11.6 Å². The standard InChI is InChI=1S/C16H22BF3O2/c1-4-17(5-2)12(6-7-16(21)22-3)8-11-9-14(19)15(20)10-13(11)18/h9-10,12H,4-8H2,1-3H3. The second-order valence-electron chi connectivity index (χ2n) is 5.51. The lowest BCUT2D eigenvalue weighted by Crippen LogP contribution is -2.22. The second-order valence-corrected chi connectivity index (χ2v) is 5.51. The molecule has 0 bridgehead atoms. The molecule has 0 aromatic heterocycles. The van der Waals surface area contributed by atoms with Crippen LogP contribution in [0.4, 0.5) is 13.2 Å². The van der Waals surface area contributed by atoms with Crippen molar-refractivity contribution in [3.8, 4) is 0 Å².